The van der Waals surface area contributed by atoms with Gasteiger partial charge in [0.25, 0.3) is 0 Å². The molecule has 0 aliphatic carbocycles. The fourth-order valence-electron chi connectivity index (χ4n) is 1.32. The number of thiophene rings is 1. The Balaban J connectivity index is 2.48. The number of halogens is 1. The van der Waals surface area contributed by atoms with Crippen molar-refractivity contribution < 1.29 is 0 Å². The van der Waals surface area contributed by atoms with Crippen molar-refractivity contribution in [1.29, 1.82) is 5.26 Å². The van der Waals surface area contributed by atoms with Gasteiger partial charge in [-0.25, -0.2) is 4.98 Å². The molecule has 0 unspecified atom stereocenters. The number of nitrogens with one attached hydrogen (secondary N) is 1. The molecule has 16 heavy (non-hydrogen) atoms. The van der Waals surface area contributed by atoms with Crippen molar-refractivity contribution in [1.82, 2.24) is 4.98 Å². The predicted octanol–water partition coefficient (Wildman–Crippen LogP) is 3.49. The van der Waals surface area contributed by atoms with Gasteiger partial charge in [0.05, 0.1) is 16.1 Å². The van der Waals surface area contributed by atoms with Crippen LogP contribution in [0.5, 0.6) is 0 Å². The van der Waals surface area contributed by atoms with Gasteiger partial charge in [-0.15, -0.1) is 11.3 Å². The molecule has 0 aromatic carbocycles. The summed E-state index contributed by atoms with van der Waals surface area (Å²) in [6.07, 6.45) is 0. The van der Waals surface area contributed by atoms with Gasteiger partial charge in [-0.3, -0.25) is 0 Å². The Kier molecular flexibility index (Phi) is 3.22. The van der Waals surface area contributed by atoms with Crippen LogP contribution in [0.1, 0.15) is 5.56 Å². The van der Waals surface area contributed by atoms with Crippen LogP contribution in [0.4, 0.5) is 5.82 Å². The lowest BCUT2D eigenvalue weighted by Gasteiger charge is -2.03. The molecule has 80 valence electrons. The highest BCUT2D eigenvalue weighted by Gasteiger charge is 2.07. The van der Waals surface area contributed by atoms with Crippen LogP contribution >= 0.6 is 27.3 Å². The normalized spacial score (nSPS) is 9.81. The topological polar surface area (TPSA) is 48.7 Å². The highest BCUT2D eigenvalue weighted by Crippen LogP contribution is 2.29. The van der Waals surface area contributed by atoms with Crippen molar-refractivity contribution in [3.8, 4) is 16.6 Å². The minimum Gasteiger partial charge on any atom is -0.372 e. The van der Waals surface area contributed by atoms with Crippen molar-refractivity contribution in [2.45, 2.75) is 0 Å². The van der Waals surface area contributed by atoms with E-state index in [1.165, 1.54) is 0 Å². The van der Waals surface area contributed by atoms with Crippen molar-refractivity contribution in [2.75, 3.05) is 12.4 Å². The summed E-state index contributed by atoms with van der Waals surface area (Å²) < 4.78 is 1.05. The fraction of sp³-hybridized carbons (Fsp3) is 0.0909. The third-order valence-electron chi connectivity index (χ3n) is 2.07. The van der Waals surface area contributed by atoms with E-state index in [0.717, 1.165) is 15.0 Å². The summed E-state index contributed by atoms with van der Waals surface area (Å²) in [7, 11) is 1.76. The lowest BCUT2D eigenvalue weighted by atomic mass is 10.2. The molecule has 0 bridgehead atoms. The van der Waals surface area contributed by atoms with Gasteiger partial charge in [-0.1, -0.05) is 0 Å². The minimum absolute atomic E-state index is 0.557. The standard InChI is InChI=1S/C11H8BrN3S/c1-14-11-7(5-13)2-3-9(15-11)10-4-8(12)6-16-10/h2-4,6H,1H3,(H,14,15). The van der Waals surface area contributed by atoms with E-state index in [1.807, 2.05) is 17.5 Å². The molecule has 0 saturated carbocycles. The number of nitriles is 1. The van der Waals surface area contributed by atoms with Crippen molar-refractivity contribution in [2.24, 2.45) is 0 Å². The molecule has 2 heterocycles. The maximum absolute atomic E-state index is 8.88. The summed E-state index contributed by atoms with van der Waals surface area (Å²) in [6, 6.07) is 7.75. The maximum atomic E-state index is 8.88. The van der Waals surface area contributed by atoms with Gasteiger partial charge in [-0.05, 0) is 34.1 Å². The third kappa shape index (κ3) is 2.08. The Morgan fingerprint density at radius 3 is 2.88 bits per heavy atom. The Bertz CT molecular complexity index is 557. The molecule has 0 fully saturated rings. The van der Waals surface area contributed by atoms with Crippen LogP contribution in [0.2, 0.25) is 0 Å². The van der Waals surface area contributed by atoms with Gasteiger partial charge in [0.2, 0.25) is 0 Å². The second kappa shape index (κ2) is 4.64. The van der Waals surface area contributed by atoms with E-state index in [2.05, 4.69) is 32.3 Å². The summed E-state index contributed by atoms with van der Waals surface area (Å²) >= 11 is 5.02. The van der Waals surface area contributed by atoms with Crippen LogP contribution in [-0.4, -0.2) is 12.0 Å². The molecule has 2 aromatic rings. The Labute approximate surface area is 106 Å². The first-order valence-corrected chi connectivity index (χ1v) is 6.25. The third-order valence-corrected chi connectivity index (χ3v) is 3.79. The maximum Gasteiger partial charge on any atom is 0.144 e. The summed E-state index contributed by atoms with van der Waals surface area (Å²) in [5.74, 6) is 0.615. The van der Waals surface area contributed by atoms with Crippen LogP contribution in [0, 0.1) is 11.3 Å². The van der Waals surface area contributed by atoms with E-state index in [-0.39, 0.29) is 0 Å². The first-order valence-electron chi connectivity index (χ1n) is 4.58. The van der Waals surface area contributed by atoms with Crippen LogP contribution in [0.15, 0.2) is 28.1 Å². The van der Waals surface area contributed by atoms with Crippen LogP contribution in [-0.2, 0) is 0 Å². The Morgan fingerprint density at radius 1 is 1.50 bits per heavy atom. The Hall–Kier alpha value is -1.38. The number of nitrogens with zero attached hydrogens (tertiary/aromatic N) is 2. The second-order valence-corrected chi connectivity index (χ2v) is 4.91. The number of anilines is 1. The molecule has 1 N–H and O–H groups in total. The molecule has 5 heteroatoms. The van der Waals surface area contributed by atoms with Gasteiger partial charge < -0.3 is 5.32 Å². The van der Waals surface area contributed by atoms with Gasteiger partial charge >= 0.3 is 0 Å². The van der Waals surface area contributed by atoms with E-state index in [0.29, 0.717) is 11.4 Å². The largest absolute Gasteiger partial charge is 0.372 e. The van der Waals surface area contributed by atoms with E-state index >= 15 is 0 Å². The molecule has 2 aromatic heterocycles. The monoisotopic (exact) mass is 293 g/mol. The molecule has 0 amide bonds. The molecule has 0 radical (unpaired) electrons. The quantitative estimate of drug-likeness (QED) is 0.922. The van der Waals surface area contributed by atoms with Crippen LogP contribution in [0.25, 0.3) is 10.6 Å². The molecule has 0 saturated heterocycles. The molecule has 3 nitrogen and oxygen atoms in total. The molecule has 0 spiro atoms. The SMILES string of the molecule is CNc1nc(-c2cc(Br)cs2)ccc1C#N. The van der Waals surface area contributed by atoms with Gasteiger partial charge in [0.1, 0.15) is 11.9 Å². The zero-order valence-corrected chi connectivity index (χ0v) is 10.9. The number of hydrogen-bond acceptors (Lipinski definition) is 4. The lowest BCUT2D eigenvalue weighted by Crippen LogP contribution is -1.96. The average molecular weight is 294 g/mol. The number of aromatic nitrogens is 1. The molecule has 0 atom stereocenters. The van der Waals surface area contributed by atoms with Gasteiger partial charge in [0.15, 0.2) is 0 Å². The Morgan fingerprint density at radius 2 is 2.31 bits per heavy atom. The highest BCUT2D eigenvalue weighted by atomic mass is 79.9. The number of rotatable bonds is 2. The molecule has 0 aliphatic rings. The predicted molar refractivity (Wildman–Crippen MR) is 69.5 cm³/mol. The first kappa shape index (κ1) is 11.1. The van der Waals surface area contributed by atoms with Crippen LogP contribution < -0.4 is 5.32 Å². The summed E-state index contributed by atoms with van der Waals surface area (Å²) in [5.41, 5.74) is 1.43. The summed E-state index contributed by atoms with van der Waals surface area (Å²) in [5, 5.41) is 13.8. The summed E-state index contributed by atoms with van der Waals surface area (Å²) in [4.78, 5) is 5.48. The summed E-state index contributed by atoms with van der Waals surface area (Å²) in [6.45, 7) is 0. The van der Waals surface area contributed by atoms with Crippen molar-refractivity contribution >= 4 is 33.1 Å². The highest BCUT2D eigenvalue weighted by molar-refractivity contribution is 9.10. The van der Waals surface area contributed by atoms with E-state index in [9.17, 15) is 0 Å². The minimum atomic E-state index is 0.557. The molecule has 0 aliphatic heterocycles. The zero-order chi connectivity index (χ0) is 11.5. The molecular formula is C11H8BrN3S. The van der Waals surface area contributed by atoms with Crippen LogP contribution in [0.3, 0.4) is 0 Å². The van der Waals surface area contributed by atoms with E-state index in [4.69, 9.17) is 5.26 Å². The lowest BCUT2D eigenvalue weighted by molar-refractivity contribution is 1.27. The molecular weight excluding hydrogens is 286 g/mol. The van der Waals surface area contributed by atoms with E-state index in [1.54, 1.807) is 24.5 Å². The number of pyridine rings is 1. The van der Waals surface area contributed by atoms with Crippen molar-refractivity contribution in [3.05, 3.63) is 33.6 Å². The number of hydrogen-bond donors (Lipinski definition) is 1. The first-order chi connectivity index (χ1) is 7.74. The molecule has 2 rings (SSSR count). The van der Waals surface area contributed by atoms with Crippen molar-refractivity contribution in [3.63, 3.8) is 0 Å². The fourth-order valence-corrected chi connectivity index (χ4v) is 2.72. The zero-order valence-electron chi connectivity index (χ0n) is 8.49. The average Bonchev–Trinajstić information content (AvgIpc) is 2.75. The van der Waals surface area contributed by atoms with E-state index < -0.39 is 0 Å². The van der Waals surface area contributed by atoms with Gasteiger partial charge in [0, 0.05) is 16.9 Å². The smallest absolute Gasteiger partial charge is 0.144 e. The van der Waals surface area contributed by atoms with Gasteiger partial charge in [-0.2, -0.15) is 5.26 Å². The second-order valence-electron chi connectivity index (χ2n) is 3.08.